The van der Waals surface area contributed by atoms with E-state index in [4.69, 9.17) is 0 Å². The summed E-state index contributed by atoms with van der Waals surface area (Å²) in [5.41, 5.74) is 2.37. The van der Waals surface area contributed by atoms with Gasteiger partial charge in [-0.05, 0) is 57.0 Å². The molecule has 0 spiro atoms. The number of rotatable bonds is 11. The number of amides is 2. The Bertz CT molecular complexity index is 1380. The maximum absolute atomic E-state index is 14.9. The molecule has 0 aliphatic heterocycles. The Balaban J connectivity index is 2.03. The van der Waals surface area contributed by atoms with Gasteiger partial charge in [0.2, 0.25) is 11.8 Å². The number of carbonyl (C=O) groups is 2. The van der Waals surface area contributed by atoms with Gasteiger partial charge in [-0.15, -0.1) is 0 Å². The first-order chi connectivity index (χ1) is 18.0. The minimum atomic E-state index is -4.32. The van der Waals surface area contributed by atoms with Crippen LogP contribution in [0, 0.1) is 19.7 Å². The third kappa shape index (κ3) is 6.98. The maximum atomic E-state index is 14.9. The summed E-state index contributed by atoms with van der Waals surface area (Å²) < 4.78 is 43.1. The second kappa shape index (κ2) is 12.7. The fraction of sp³-hybridized carbons (Fsp3) is 0.310. The van der Waals surface area contributed by atoms with Gasteiger partial charge in [0.05, 0.1) is 10.6 Å². The molecule has 0 saturated heterocycles. The highest BCUT2D eigenvalue weighted by atomic mass is 32.2. The van der Waals surface area contributed by atoms with Crippen molar-refractivity contribution in [2.24, 2.45) is 0 Å². The number of para-hydroxylation sites is 1. The van der Waals surface area contributed by atoms with Gasteiger partial charge in [0.15, 0.2) is 0 Å². The molecule has 202 valence electrons. The first-order valence-corrected chi connectivity index (χ1v) is 13.9. The monoisotopic (exact) mass is 539 g/mol. The van der Waals surface area contributed by atoms with Gasteiger partial charge >= 0.3 is 0 Å². The third-order valence-corrected chi connectivity index (χ3v) is 7.93. The van der Waals surface area contributed by atoms with Crippen LogP contribution >= 0.6 is 0 Å². The Labute approximate surface area is 224 Å². The van der Waals surface area contributed by atoms with Crippen molar-refractivity contribution < 1.29 is 22.4 Å². The van der Waals surface area contributed by atoms with Gasteiger partial charge in [0.1, 0.15) is 18.4 Å². The summed E-state index contributed by atoms with van der Waals surface area (Å²) in [6.07, 6.45) is 0.722. The summed E-state index contributed by atoms with van der Waals surface area (Å²) in [5.74, 6) is -1.77. The quantitative estimate of drug-likeness (QED) is 0.387. The van der Waals surface area contributed by atoms with Gasteiger partial charge in [-0.1, -0.05) is 66.6 Å². The molecular formula is C29H34FN3O4S. The highest BCUT2D eigenvalue weighted by Gasteiger charge is 2.33. The molecule has 1 N–H and O–H groups in total. The highest BCUT2D eigenvalue weighted by Crippen LogP contribution is 2.27. The fourth-order valence-corrected chi connectivity index (χ4v) is 5.41. The topological polar surface area (TPSA) is 86.8 Å². The minimum Gasteiger partial charge on any atom is -0.354 e. The number of anilines is 1. The molecule has 3 rings (SSSR count). The molecule has 0 radical (unpaired) electrons. The van der Waals surface area contributed by atoms with Crippen LogP contribution in [-0.2, 0) is 26.2 Å². The van der Waals surface area contributed by atoms with E-state index in [0.29, 0.717) is 6.54 Å². The highest BCUT2D eigenvalue weighted by molar-refractivity contribution is 7.92. The van der Waals surface area contributed by atoms with Crippen molar-refractivity contribution >= 4 is 27.5 Å². The first kappa shape index (κ1) is 28.8. The molecule has 0 heterocycles. The molecule has 0 aromatic heterocycles. The van der Waals surface area contributed by atoms with Gasteiger partial charge in [-0.2, -0.15) is 0 Å². The number of sulfonamides is 1. The van der Waals surface area contributed by atoms with Crippen LogP contribution in [0.5, 0.6) is 0 Å². The van der Waals surface area contributed by atoms with E-state index in [9.17, 15) is 22.4 Å². The normalized spacial score (nSPS) is 12.0. The number of halogens is 1. The van der Waals surface area contributed by atoms with Gasteiger partial charge < -0.3 is 10.2 Å². The van der Waals surface area contributed by atoms with Gasteiger partial charge in [0, 0.05) is 13.1 Å². The second-order valence-corrected chi connectivity index (χ2v) is 11.1. The second-order valence-electron chi connectivity index (χ2n) is 9.25. The van der Waals surface area contributed by atoms with Crippen LogP contribution in [0.1, 0.15) is 37.0 Å². The molecule has 0 bridgehead atoms. The van der Waals surface area contributed by atoms with Gasteiger partial charge in [-0.25, -0.2) is 12.8 Å². The van der Waals surface area contributed by atoms with Crippen LogP contribution in [0.3, 0.4) is 0 Å². The average molecular weight is 540 g/mol. The summed E-state index contributed by atoms with van der Waals surface area (Å²) >= 11 is 0. The molecule has 0 unspecified atom stereocenters. The van der Waals surface area contributed by atoms with E-state index in [1.807, 2.05) is 45.0 Å². The number of carbonyl (C=O) groups excluding carboxylic acids is 2. The van der Waals surface area contributed by atoms with Crippen molar-refractivity contribution in [2.75, 3.05) is 17.4 Å². The molecule has 0 saturated carbocycles. The van der Waals surface area contributed by atoms with Crippen LogP contribution in [0.4, 0.5) is 10.1 Å². The Morgan fingerprint density at radius 1 is 0.947 bits per heavy atom. The van der Waals surface area contributed by atoms with Crippen LogP contribution < -0.4 is 9.62 Å². The fourth-order valence-electron chi connectivity index (χ4n) is 3.99. The molecule has 0 aliphatic carbocycles. The number of hydrogen-bond donors (Lipinski definition) is 1. The molecule has 0 aliphatic rings. The minimum absolute atomic E-state index is 0.0712. The zero-order chi connectivity index (χ0) is 27.9. The zero-order valence-corrected chi connectivity index (χ0v) is 23.0. The van der Waals surface area contributed by atoms with Crippen molar-refractivity contribution in [1.82, 2.24) is 10.2 Å². The summed E-state index contributed by atoms with van der Waals surface area (Å²) in [7, 11) is -4.32. The predicted octanol–water partition coefficient (Wildman–Crippen LogP) is 4.58. The molecule has 38 heavy (non-hydrogen) atoms. The van der Waals surface area contributed by atoms with Crippen molar-refractivity contribution in [1.29, 1.82) is 0 Å². The number of nitrogens with zero attached hydrogens (tertiary/aromatic N) is 2. The summed E-state index contributed by atoms with van der Waals surface area (Å²) in [4.78, 5) is 27.9. The molecule has 1 atom stereocenters. The largest absolute Gasteiger partial charge is 0.354 e. The van der Waals surface area contributed by atoms with Crippen LogP contribution in [0.2, 0.25) is 0 Å². The molecule has 2 amide bonds. The van der Waals surface area contributed by atoms with E-state index in [1.54, 1.807) is 19.1 Å². The van der Waals surface area contributed by atoms with E-state index in [0.717, 1.165) is 33.5 Å². The number of benzene rings is 3. The maximum Gasteiger partial charge on any atom is 0.264 e. The molecule has 9 heteroatoms. The zero-order valence-electron chi connectivity index (χ0n) is 22.1. The van der Waals surface area contributed by atoms with E-state index >= 15 is 0 Å². The summed E-state index contributed by atoms with van der Waals surface area (Å²) in [6.45, 7) is 7.09. The summed E-state index contributed by atoms with van der Waals surface area (Å²) in [6, 6.07) is 18.1. The molecule has 3 aromatic rings. The van der Waals surface area contributed by atoms with Gasteiger partial charge in [-0.3, -0.25) is 13.9 Å². The van der Waals surface area contributed by atoms with Crippen molar-refractivity contribution in [3.8, 4) is 0 Å². The first-order valence-electron chi connectivity index (χ1n) is 12.5. The predicted molar refractivity (Wildman–Crippen MR) is 147 cm³/mol. The van der Waals surface area contributed by atoms with Crippen LogP contribution in [0.15, 0.2) is 77.7 Å². The smallest absolute Gasteiger partial charge is 0.264 e. The lowest BCUT2D eigenvalue weighted by molar-refractivity contribution is -0.139. The van der Waals surface area contributed by atoms with Crippen molar-refractivity contribution in [2.45, 2.75) is 51.6 Å². The Morgan fingerprint density at radius 3 is 2.26 bits per heavy atom. The third-order valence-electron chi connectivity index (χ3n) is 6.16. The Hall–Kier alpha value is -3.72. The van der Waals surface area contributed by atoms with Crippen molar-refractivity contribution in [3.63, 3.8) is 0 Å². The molecule has 7 nitrogen and oxygen atoms in total. The SMILES string of the molecule is CCCNC(=O)[C@@H](C)N(Cc1cccc(C)c1)C(=O)CN(c1ccccc1F)S(=O)(=O)c1ccc(C)cc1. The van der Waals surface area contributed by atoms with Crippen LogP contribution in [-0.4, -0.2) is 44.3 Å². The van der Waals surface area contributed by atoms with E-state index in [-0.39, 0.29) is 23.0 Å². The van der Waals surface area contributed by atoms with Gasteiger partial charge in [0.25, 0.3) is 10.0 Å². The molecule has 0 fully saturated rings. The Morgan fingerprint density at radius 2 is 1.63 bits per heavy atom. The van der Waals surface area contributed by atoms with Crippen molar-refractivity contribution in [3.05, 3.63) is 95.3 Å². The molecule has 3 aromatic carbocycles. The lowest BCUT2D eigenvalue weighted by Gasteiger charge is -2.32. The van der Waals surface area contributed by atoms with Crippen LogP contribution in [0.25, 0.3) is 0 Å². The van der Waals surface area contributed by atoms with E-state index in [2.05, 4.69) is 5.32 Å². The number of aryl methyl sites for hydroxylation is 2. The average Bonchev–Trinajstić information content (AvgIpc) is 2.89. The summed E-state index contributed by atoms with van der Waals surface area (Å²) in [5, 5.41) is 2.80. The molecular weight excluding hydrogens is 505 g/mol. The van der Waals surface area contributed by atoms with E-state index in [1.165, 1.54) is 35.2 Å². The lowest BCUT2D eigenvalue weighted by Crippen LogP contribution is -2.51. The van der Waals surface area contributed by atoms with E-state index < -0.39 is 34.3 Å². The number of hydrogen-bond acceptors (Lipinski definition) is 4. The standard InChI is InChI=1S/C29H34FN3O4S/c1-5-17-31-29(35)23(4)32(19-24-10-8-9-22(3)18-24)28(34)20-33(27-12-7-6-11-26(27)30)38(36,37)25-15-13-21(2)14-16-25/h6-16,18,23H,5,17,19-20H2,1-4H3,(H,31,35)/t23-/m1/s1. The Kier molecular flexibility index (Phi) is 9.63. The number of nitrogens with one attached hydrogen (secondary N) is 1. The lowest BCUT2D eigenvalue weighted by atomic mass is 10.1.